The second-order valence-corrected chi connectivity index (χ2v) is 5.48. The summed E-state index contributed by atoms with van der Waals surface area (Å²) in [7, 11) is 0. The Morgan fingerprint density at radius 3 is 2.62 bits per heavy atom. The maximum absolute atomic E-state index is 12.1. The van der Waals surface area contributed by atoms with Crippen LogP contribution in [0.1, 0.15) is 31.9 Å². The fraction of sp³-hybridized carbons (Fsp3) is 0.500. The monoisotopic (exact) mass is 218 g/mol. The normalized spacial score (nSPS) is 19.1. The predicted octanol–water partition coefficient (Wildman–Crippen LogP) is 2.91. The van der Waals surface area contributed by atoms with Crippen LogP contribution in [0.15, 0.2) is 18.2 Å². The average Bonchev–Trinajstić information content (AvgIpc) is 2.60. The molecule has 1 aliphatic heterocycles. The van der Waals surface area contributed by atoms with Crippen LogP contribution in [0, 0.1) is 12.3 Å². The number of ether oxygens (including phenoxy) is 1. The van der Waals surface area contributed by atoms with Crippen molar-refractivity contribution in [2.24, 2.45) is 5.41 Å². The van der Waals surface area contributed by atoms with E-state index in [4.69, 9.17) is 4.74 Å². The van der Waals surface area contributed by atoms with Gasteiger partial charge in [-0.05, 0) is 18.6 Å². The van der Waals surface area contributed by atoms with Crippen LogP contribution in [0.5, 0.6) is 5.75 Å². The molecule has 86 valence electrons. The van der Waals surface area contributed by atoms with Crippen LogP contribution in [0.25, 0.3) is 0 Å². The third-order valence-electron chi connectivity index (χ3n) is 3.06. The van der Waals surface area contributed by atoms with E-state index in [1.54, 1.807) is 0 Å². The zero-order chi connectivity index (χ0) is 11.9. The van der Waals surface area contributed by atoms with Crippen LogP contribution in [0.4, 0.5) is 0 Å². The second kappa shape index (κ2) is 3.62. The summed E-state index contributed by atoms with van der Waals surface area (Å²) in [6, 6.07) is 5.97. The van der Waals surface area contributed by atoms with Gasteiger partial charge < -0.3 is 4.74 Å². The van der Waals surface area contributed by atoms with Gasteiger partial charge >= 0.3 is 0 Å². The van der Waals surface area contributed by atoms with E-state index in [-0.39, 0.29) is 17.3 Å². The third-order valence-corrected chi connectivity index (χ3v) is 3.06. The Hall–Kier alpha value is -1.31. The Labute approximate surface area is 96.6 Å². The smallest absolute Gasteiger partial charge is 0.178 e. The Morgan fingerprint density at radius 2 is 2.06 bits per heavy atom. The minimum Gasteiger partial charge on any atom is -0.482 e. The minimum absolute atomic E-state index is 0.183. The summed E-state index contributed by atoms with van der Waals surface area (Å²) < 4.78 is 5.73. The fourth-order valence-corrected chi connectivity index (χ4v) is 2.06. The van der Waals surface area contributed by atoms with E-state index in [9.17, 15) is 4.79 Å². The summed E-state index contributed by atoms with van der Waals surface area (Å²) in [5, 5.41) is 0. The summed E-state index contributed by atoms with van der Waals surface area (Å²) in [5.74, 6) is 1.06. The Balaban J connectivity index is 2.24. The van der Waals surface area contributed by atoms with Gasteiger partial charge in [0, 0.05) is 17.4 Å². The lowest BCUT2D eigenvalue weighted by Crippen LogP contribution is -2.35. The molecule has 1 aromatic rings. The highest BCUT2D eigenvalue weighted by Gasteiger charge is 2.36. The first-order valence-corrected chi connectivity index (χ1v) is 5.69. The molecule has 0 saturated carbocycles. The number of rotatable bonds is 1. The molecule has 1 aliphatic rings. The summed E-state index contributed by atoms with van der Waals surface area (Å²) in [5.41, 5.74) is 2.06. The van der Waals surface area contributed by atoms with Gasteiger partial charge in [-0.2, -0.15) is 0 Å². The highest BCUT2D eigenvalue weighted by molar-refractivity contribution is 5.89. The van der Waals surface area contributed by atoms with E-state index < -0.39 is 0 Å². The van der Waals surface area contributed by atoms with Gasteiger partial charge in [0.15, 0.2) is 11.9 Å². The van der Waals surface area contributed by atoms with Gasteiger partial charge in [0.2, 0.25) is 0 Å². The first kappa shape index (κ1) is 11.2. The number of hydrogen-bond donors (Lipinski definition) is 0. The number of aryl methyl sites for hydroxylation is 1. The largest absolute Gasteiger partial charge is 0.482 e. The van der Waals surface area contributed by atoms with Gasteiger partial charge in [-0.1, -0.05) is 32.9 Å². The van der Waals surface area contributed by atoms with E-state index in [1.165, 1.54) is 11.1 Å². The molecule has 0 bridgehead atoms. The van der Waals surface area contributed by atoms with Gasteiger partial charge in [0.05, 0.1) is 0 Å². The molecule has 1 unspecified atom stereocenters. The number of ketones is 1. The highest BCUT2D eigenvalue weighted by atomic mass is 16.5. The maximum Gasteiger partial charge on any atom is 0.178 e. The zero-order valence-electron chi connectivity index (χ0n) is 10.3. The van der Waals surface area contributed by atoms with E-state index in [1.807, 2.05) is 32.9 Å². The molecule has 0 radical (unpaired) electrons. The van der Waals surface area contributed by atoms with Crippen LogP contribution in [0.2, 0.25) is 0 Å². The lowest BCUT2D eigenvalue weighted by Gasteiger charge is -2.20. The summed E-state index contributed by atoms with van der Waals surface area (Å²) in [6.45, 7) is 7.88. The lowest BCUT2D eigenvalue weighted by molar-refractivity contribution is -0.132. The van der Waals surface area contributed by atoms with Gasteiger partial charge in [-0.3, -0.25) is 4.79 Å². The van der Waals surface area contributed by atoms with Crippen molar-refractivity contribution in [2.75, 3.05) is 0 Å². The molecule has 0 spiro atoms. The molecular formula is C14H18O2. The SMILES string of the molecule is Cc1cccc2c1CC(C(=O)C(C)(C)C)O2. The van der Waals surface area contributed by atoms with Crippen LogP contribution < -0.4 is 4.74 Å². The van der Waals surface area contributed by atoms with Crippen molar-refractivity contribution in [1.82, 2.24) is 0 Å². The quantitative estimate of drug-likeness (QED) is 0.724. The van der Waals surface area contributed by atoms with Crippen LogP contribution in [0.3, 0.4) is 0 Å². The molecule has 0 aliphatic carbocycles. The highest BCUT2D eigenvalue weighted by Crippen LogP contribution is 2.33. The molecular weight excluding hydrogens is 200 g/mol. The Morgan fingerprint density at radius 1 is 1.38 bits per heavy atom. The maximum atomic E-state index is 12.1. The summed E-state index contributed by atoms with van der Waals surface area (Å²) >= 11 is 0. The van der Waals surface area contributed by atoms with E-state index in [0.717, 1.165) is 12.2 Å². The first-order valence-electron chi connectivity index (χ1n) is 5.69. The number of Topliss-reactive ketones (excluding diaryl/α,β-unsaturated/α-hetero) is 1. The summed E-state index contributed by atoms with van der Waals surface area (Å²) in [6.07, 6.45) is 0.425. The number of carbonyl (C=O) groups is 1. The molecule has 0 amide bonds. The number of fused-ring (bicyclic) bond motifs is 1. The van der Waals surface area contributed by atoms with Crippen molar-refractivity contribution in [3.05, 3.63) is 29.3 Å². The number of benzene rings is 1. The van der Waals surface area contributed by atoms with Crippen LogP contribution in [-0.4, -0.2) is 11.9 Å². The van der Waals surface area contributed by atoms with Crippen molar-refractivity contribution in [1.29, 1.82) is 0 Å². The van der Waals surface area contributed by atoms with Crippen molar-refractivity contribution in [3.63, 3.8) is 0 Å². The molecule has 0 saturated heterocycles. The number of carbonyl (C=O) groups excluding carboxylic acids is 1. The van der Waals surface area contributed by atoms with Gasteiger partial charge in [-0.25, -0.2) is 0 Å². The van der Waals surface area contributed by atoms with Gasteiger partial charge in [0.25, 0.3) is 0 Å². The first-order chi connectivity index (χ1) is 7.39. The molecule has 0 N–H and O–H groups in total. The Kier molecular flexibility index (Phi) is 2.53. The van der Waals surface area contributed by atoms with Crippen LogP contribution in [-0.2, 0) is 11.2 Å². The van der Waals surface area contributed by atoms with Crippen molar-refractivity contribution >= 4 is 5.78 Å². The van der Waals surface area contributed by atoms with Gasteiger partial charge in [0.1, 0.15) is 5.75 Å². The molecule has 2 nitrogen and oxygen atoms in total. The van der Waals surface area contributed by atoms with Gasteiger partial charge in [-0.15, -0.1) is 0 Å². The predicted molar refractivity (Wildman–Crippen MR) is 63.8 cm³/mol. The van der Waals surface area contributed by atoms with E-state index >= 15 is 0 Å². The molecule has 1 heterocycles. The zero-order valence-corrected chi connectivity index (χ0v) is 10.3. The third kappa shape index (κ3) is 1.84. The lowest BCUT2D eigenvalue weighted by atomic mass is 9.86. The van der Waals surface area contributed by atoms with E-state index in [2.05, 4.69) is 13.0 Å². The van der Waals surface area contributed by atoms with Crippen molar-refractivity contribution in [2.45, 2.75) is 40.2 Å². The molecule has 1 atom stereocenters. The molecule has 0 fully saturated rings. The average molecular weight is 218 g/mol. The van der Waals surface area contributed by atoms with Crippen LogP contribution >= 0.6 is 0 Å². The number of hydrogen-bond acceptors (Lipinski definition) is 2. The second-order valence-electron chi connectivity index (χ2n) is 5.48. The fourth-order valence-electron chi connectivity index (χ4n) is 2.06. The molecule has 0 aromatic heterocycles. The van der Waals surface area contributed by atoms with Crippen molar-refractivity contribution in [3.8, 4) is 5.75 Å². The molecule has 1 aromatic carbocycles. The molecule has 2 rings (SSSR count). The molecule has 16 heavy (non-hydrogen) atoms. The summed E-state index contributed by atoms with van der Waals surface area (Å²) in [4.78, 5) is 12.1. The Bertz CT molecular complexity index is 427. The van der Waals surface area contributed by atoms with Crippen molar-refractivity contribution < 1.29 is 9.53 Å². The van der Waals surface area contributed by atoms with E-state index in [0.29, 0.717) is 0 Å². The molecule has 2 heteroatoms. The minimum atomic E-state index is -0.333. The standard InChI is InChI=1S/C14H18O2/c1-9-6-5-7-11-10(9)8-12(16-11)13(15)14(2,3)4/h5-7,12H,8H2,1-4H3. The topological polar surface area (TPSA) is 26.3 Å².